The second-order valence-electron chi connectivity index (χ2n) is 6.66. The highest BCUT2D eigenvalue weighted by molar-refractivity contribution is 7.90. The Balaban J connectivity index is 1.68. The Morgan fingerprint density at radius 1 is 0.862 bits per heavy atom. The summed E-state index contributed by atoms with van der Waals surface area (Å²) in [5.41, 5.74) is 10.3. The molecule has 0 aliphatic carbocycles. The Morgan fingerprint density at radius 2 is 1.48 bits per heavy atom. The molecule has 0 atom stereocenters. The topological polar surface area (TPSA) is 112 Å². The number of hydrogen-bond acceptors (Lipinski definition) is 7. The van der Waals surface area contributed by atoms with Crippen LogP contribution < -0.4 is 5.73 Å². The van der Waals surface area contributed by atoms with Crippen molar-refractivity contribution in [3.63, 3.8) is 0 Å². The lowest BCUT2D eigenvalue weighted by atomic mass is 10.00. The summed E-state index contributed by atoms with van der Waals surface area (Å²) in [6, 6.07) is 16.2. The first-order valence-corrected chi connectivity index (χ1v) is 10.7. The van der Waals surface area contributed by atoms with E-state index in [2.05, 4.69) is 15.2 Å². The first-order chi connectivity index (χ1) is 13.8. The Hall–Kier alpha value is -3.52. The van der Waals surface area contributed by atoms with Crippen LogP contribution in [0.1, 0.15) is 5.89 Å². The minimum Gasteiger partial charge on any atom is -0.421 e. The smallest absolute Gasteiger partial charge is 0.247 e. The Labute approximate surface area is 168 Å². The lowest BCUT2D eigenvalue weighted by molar-refractivity contribution is 0.533. The highest BCUT2D eigenvalue weighted by Gasteiger charge is 2.11. The van der Waals surface area contributed by atoms with Crippen LogP contribution in [0, 0.1) is 6.92 Å². The van der Waals surface area contributed by atoms with Crippen LogP contribution in [-0.2, 0) is 9.84 Å². The van der Waals surface area contributed by atoms with E-state index >= 15 is 0 Å². The van der Waals surface area contributed by atoms with Crippen LogP contribution in [0.5, 0.6) is 0 Å². The summed E-state index contributed by atoms with van der Waals surface area (Å²) in [6.45, 7) is 1.74. The Kier molecular flexibility index (Phi) is 4.63. The lowest BCUT2D eigenvalue weighted by Crippen LogP contribution is -1.97. The molecular formula is C21H18N4O3S. The molecular weight excluding hydrogens is 388 g/mol. The van der Waals surface area contributed by atoms with Crippen molar-refractivity contribution in [2.45, 2.75) is 11.8 Å². The van der Waals surface area contributed by atoms with E-state index in [1.165, 1.54) is 6.26 Å². The SMILES string of the molecule is Cc1nnc(-c2ccc(-c3cc(-c4ccc(S(C)(=O)=O)cc4)cnc3N)cc2)o1. The molecule has 0 unspecified atom stereocenters. The molecule has 0 saturated carbocycles. The van der Waals surface area contributed by atoms with Gasteiger partial charge in [0.15, 0.2) is 9.84 Å². The predicted octanol–water partition coefficient (Wildman–Crippen LogP) is 3.76. The van der Waals surface area contributed by atoms with Gasteiger partial charge in [-0.25, -0.2) is 13.4 Å². The van der Waals surface area contributed by atoms with Crippen molar-refractivity contribution in [3.8, 4) is 33.7 Å². The van der Waals surface area contributed by atoms with E-state index in [0.29, 0.717) is 17.6 Å². The number of nitrogens with two attached hydrogens (primary N) is 1. The fourth-order valence-electron chi connectivity index (χ4n) is 2.96. The van der Waals surface area contributed by atoms with Crippen LogP contribution in [-0.4, -0.2) is 29.9 Å². The molecule has 0 saturated heterocycles. The lowest BCUT2D eigenvalue weighted by Gasteiger charge is -2.09. The summed E-state index contributed by atoms with van der Waals surface area (Å²) in [5.74, 6) is 1.37. The van der Waals surface area contributed by atoms with Gasteiger partial charge in [0.2, 0.25) is 11.8 Å². The summed E-state index contributed by atoms with van der Waals surface area (Å²) in [4.78, 5) is 4.58. The molecule has 2 heterocycles. The fraction of sp³-hybridized carbons (Fsp3) is 0.0952. The molecule has 0 radical (unpaired) electrons. The maximum Gasteiger partial charge on any atom is 0.247 e. The molecule has 29 heavy (non-hydrogen) atoms. The van der Waals surface area contributed by atoms with Crippen molar-refractivity contribution in [2.24, 2.45) is 0 Å². The third-order valence-corrected chi connectivity index (χ3v) is 5.63. The zero-order valence-corrected chi connectivity index (χ0v) is 16.6. The molecule has 2 aromatic heterocycles. The molecule has 8 heteroatoms. The number of rotatable bonds is 4. The average Bonchev–Trinajstić information content (AvgIpc) is 3.14. The van der Waals surface area contributed by atoms with Gasteiger partial charge in [0, 0.05) is 36.1 Å². The third-order valence-electron chi connectivity index (χ3n) is 4.50. The Morgan fingerprint density at radius 3 is 2.07 bits per heavy atom. The molecule has 0 bridgehead atoms. The van der Waals surface area contributed by atoms with Gasteiger partial charge < -0.3 is 10.2 Å². The molecule has 2 N–H and O–H groups in total. The van der Waals surface area contributed by atoms with Crippen molar-refractivity contribution >= 4 is 15.7 Å². The predicted molar refractivity (Wildman–Crippen MR) is 111 cm³/mol. The second kappa shape index (κ2) is 7.14. The van der Waals surface area contributed by atoms with Crippen molar-refractivity contribution in [3.05, 3.63) is 66.7 Å². The minimum atomic E-state index is -3.24. The summed E-state index contributed by atoms with van der Waals surface area (Å²) in [6.07, 6.45) is 2.86. The van der Waals surface area contributed by atoms with Gasteiger partial charge in [-0.2, -0.15) is 0 Å². The van der Waals surface area contributed by atoms with Crippen molar-refractivity contribution in [2.75, 3.05) is 12.0 Å². The summed E-state index contributed by atoms with van der Waals surface area (Å²) >= 11 is 0. The highest BCUT2D eigenvalue weighted by atomic mass is 32.2. The quantitative estimate of drug-likeness (QED) is 0.549. The van der Waals surface area contributed by atoms with Crippen LogP contribution in [0.4, 0.5) is 5.82 Å². The summed E-state index contributed by atoms with van der Waals surface area (Å²) < 4.78 is 28.8. The molecule has 2 aromatic carbocycles. The van der Waals surface area contributed by atoms with Gasteiger partial charge in [0.1, 0.15) is 5.82 Å². The second-order valence-corrected chi connectivity index (χ2v) is 8.67. The number of hydrogen-bond donors (Lipinski definition) is 1. The molecule has 0 fully saturated rings. The first kappa shape index (κ1) is 18.8. The highest BCUT2D eigenvalue weighted by Crippen LogP contribution is 2.31. The van der Waals surface area contributed by atoms with Crippen LogP contribution >= 0.6 is 0 Å². The van der Waals surface area contributed by atoms with E-state index in [9.17, 15) is 8.42 Å². The number of anilines is 1. The van der Waals surface area contributed by atoms with Gasteiger partial charge in [0.25, 0.3) is 0 Å². The van der Waals surface area contributed by atoms with Gasteiger partial charge in [-0.15, -0.1) is 10.2 Å². The number of nitrogen functional groups attached to an aromatic ring is 1. The van der Waals surface area contributed by atoms with Crippen LogP contribution in [0.25, 0.3) is 33.7 Å². The zero-order chi connectivity index (χ0) is 20.6. The van der Waals surface area contributed by atoms with E-state index < -0.39 is 9.84 Å². The number of pyridine rings is 1. The van der Waals surface area contributed by atoms with E-state index in [4.69, 9.17) is 10.2 Å². The van der Waals surface area contributed by atoms with Crippen LogP contribution in [0.3, 0.4) is 0 Å². The first-order valence-electron chi connectivity index (χ1n) is 8.78. The van der Waals surface area contributed by atoms with Gasteiger partial charge in [-0.3, -0.25) is 0 Å². The van der Waals surface area contributed by atoms with Crippen molar-refractivity contribution < 1.29 is 12.8 Å². The Bertz CT molecular complexity index is 1280. The number of sulfone groups is 1. The third kappa shape index (κ3) is 3.88. The van der Waals surface area contributed by atoms with Gasteiger partial charge in [0.05, 0.1) is 4.90 Å². The molecule has 0 aliphatic heterocycles. The van der Waals surface area contributed by atoms with Gasteiger partial charge in [-0.05, 0) is 41.5 Å². The monoisotopic (exact) mass is 406 g/mol. The van der Waals surface area contributed by atoms with Crippen molar-refractivity contribution in [1.29, 1.82) is 0 Å². The molecule has 146 valence electrons. The fourth-order valence-corrected chi connectivity index (χ4v) is 3.60. The maximum atomic E-state index is 11.7. The number of aryl methyl sites for hydroxylation is 1. The molecule has 4 aromatic rings. The standard InChI is InChI=1S/C21H18N4O3S/c1-13-24-25-21(28-13)16-5-3-15(4-6-16)19-11-17(12-23-20(19)22)14-7-9-18(10-8-14)29(2,26)27/h3-12H,1-2H3,(H2,22,23). The number of benzene rings is 2. The maximum absolute atomic E-state index is 11.7. The largest absolute Gasteiger partial charge is 0.421 e. The summed E-state index contributed by atoms with van der Waals surface area (Å²) in [7, 11) is -3.24. The minimum absolute atomic E-state index is 0.275. The van der Waals surface area contributed by atoms with E-state index in [1.807, 2.05) is 30.3 Å². The molecule has 0 aliphatic rings. The van der Waals surface area contributed by atoms with E-state index in [0.717, 1.165) is 27.8 Å². The average molecular weight is 406 g/mol. The molecule has 0 amide bonds. The van der Waals surface area contributed by atoms with Crippen molar-refractivity contribution in [1.82, 2.24) is 15.2 Å². The van der Waals surface area contributed by atoms with Gasteiger partial charge >= 0.3 is 0 Å². The van der Waals surface area contributed by atoms with Gasteiger partial charge in [-0.1, -0.05) is 24.3 Å². The molecule has 0 spiro atoms. The van der Waals surface area contributed by atoms with Crippen LogP contribution in [0.15, 0.2) is 70.1 Å². The molecule has 7 nitrogen and oxygen atoms in total. The van der Waals surface area contributed by atoms with E-state index in [1.54, 1.807) is 37.4 Å². The summed E-state index contributed by atoms with van der Waals surface area (Å²) in [5, 5.41) is 7.86. The van der Waals surface area contributed by atoms with E-state index in [-0.39, 0.29) is 4.90 Å². The van der Waals surface area contributed by atoms with Crippen LogP contribution in [0.2, 0.25) is 0 Å². The molecule has 4 rings (SSSR count). The normalized spacial score (nSPS) is 11.5. The number of nitrogens with zero attached hydrogens (tertiary/aromatic N) is 3. The number of aromatic nitrogens is 3. The zero-order valence-electron chi connectivity index (χ0n) is 15.8.